The number of fused-ring (bicyclic) bond motifs is 3. The van der Waals surface area contributed by atoms with Crippen LogP contribution in [-0.4, -0.2) is 14.2 Å². The van der Waals surface area contributed by atoms with Gasteiger partial charge in [-0.1, -0.05) is 54.1 Å². The average molecular weight is 400 g/mol. The number of nitrogens with zero attached hydrogens (tertiary/aromatic N) is 1. The van der Waals surface area contributed by atoms with Crippen molar-refractivity contribution in [2.45, 2.75) is 6.54 Å². The first kappa shape index (κ1) is 19.3. The van der Waals surface area contributed by atoms with Gasteiger partial charge in [-0.25, -0.2) is 0 Å². The molecule has 27 heavy (non-hydrogen) atoms. The largest absolute Gasteiger partial charge is 1.00 e. The summed E-state index contributed by atoms with van der Waals surface area (Å²) < 4.78 is 13.3. The highest BCUT2D eigenvalue weighted by molar-refractivity contribution is 6.33. The summed E-state index contributed by atoms with van der Waals surface area (Å²) in [6, 6.07) is 22.5. The van der Waals surface area contributed by atoms with Crippen LogP contribution >= 0.6 is 11.6 Å². The number of hydrogen-bond donors (Lipinski definition) is 0. The van der Waals surface area contributed by atoms with Crippen LogP contribution in [0.4, 0.5) is 0 Å². The lowest BCUT2D eigenvalue weighted by Crippen LogP contribution is -3.00. The van der Waals surface area contributed by atoms with Crippen LogP contribution in [0.1, 0.15) is 5.56 Å². The fourth-order valence-corrected chi connectivity index (χ4v) is 3.74. The molecule has 3 nitrogen and oxygen atoms in total. The summed E-state index contributed by atoms with van der Waals surface area (Å²) in [6.07, 6.45) is 0. The van der Waals surface area contributed by atoms with Crippen molar-refractivity contribution in [2.75, 3.05) is 14.2 Å². The van der Waals surface area contributed by atoms with Gasteiger partial charge in [-0.15, -0.1) is 0 Å². The van der Waals surface area contributed by atoms with E-state index in [1.165, 1.54) is 5.56 Å². The number of benzene rings is 2. The number of halogens is 2. The van der Waals surface area contributed by atoms with Crippen molar-refractivity contribution in [1.29, 1.82) is 0 Å². The fourth-order valence-electron chi connectivity index (χ4n) is 3.44. The zero-order valence-corrected chi connectivity index (χ0v) is 16.6. The van der Waals surface area contributed by atoms with Gasteiger partial charge < -0.3 is 21.9 Å². The predicted molar refractivity (Wildman–Crippen MR) is 104 cm³/mol. The number of para-hydroxylation sites is 1. The second kappa shape index (κ2) is 8.03. The van der Waals surface area contributed by atoms with E-state index < -0.39 is 0 Å². The first-order valence-corrected chi connectivity index (χ1v) is 8.80. The summed E-state index contributed by atoms with van der Waals surface area (Å²) in [6.45, 7) is 0.735. The molecule has 0 atom stereocenters. The number of aromatic nitrogens is 1. The molecule has 0 saturated heterocycles. The van der Waals surface area contributed by atoms with Gasteiger partial charge >= 0.3 is 0 Å². The van der Waals surface area contributed by atoms with E-state index >= 15 is 0 Å². The van der Waals surface area contributed by atoms with Crippen LogP contribution in [0, 0.1) is 0 Å². The number of rotatable bonds is 4. The highest BCUT2D eigenvalue weighted by atomic mass is 35.5. The van der Waals surface area contributed by atoms with Gasteiger partial charge in [0.1, 0.15) is 5.02 Å². The smallest absolute Gasteiger partial charge is 0.233 e. The monoisotopic (exact) mass is 399 g/mol. The quantitative estimate of drug-likeness (QED) is 0.489. The normalized spacial score (nSPS) is 10.6. The Hall–Kier alpha value is -2.49. The van der Waals surface area contributed by atoms with E-state index in [0.29, 0.717) is 16.5 Å². The summed E-state index contributed by atoms with van der Waals surface area (Å²) in [5, 5.41) is 1.77. The Balaban J connectivity index is 0.00000210. The number of ether oxygens (including phenoxy) is 2. The molecule has 138 valence electrons. The third kappa shape index (κ3) is 3.41. The minimum Gasteiger partial charge on any atom is -1.00 e. The molecule has 0 aromatic heterocycles. The van der Waals surface area contributed by atoms with Gasteiger partial charge in [0.25, 0.3) is 0 Å². The van der Waals surface area contributed by atoms with Gasteiger partial charge in [-0.05, 0) is 12.1 Å². The molecule has 2 aliphatic rings. The molecule has 1 aliphatic carbocycles. The maximum absolute atomic E-state index is 6.74. The molecule has 2 aromatic carbocycles. The average Bonchev–Trinajstić information content (AvgIpc) is 2.89. The molecule has 0 unspecified atom stereocenters. The highest BCUT2D eigenvalue weighted by Crippen LogP contribution is 2.40. The van der Waals surface area contributed by atoms with Crippen LogP contribution in [0.25, 0.3) is 22.2 Å². The molecule has 0 spiro atoms. The first-order chi connectivity index (χ1) is 12.7. The topological polar surface area (TPSA) is 22.3 Å². The van der Waals surface area contributed by atoms with Gasteiger partial charge in [0, 0.05) is 17.7 Å². The van der Waals surface area contributed by atoms with Gasteiger partial charge in [-0.2, -0.15) is 4.57 Å². The maximum atomic E-state index is 6.74. The minimum absolute atomic E-state index is 0. The Labute approximate surface area is 169 Å². The van der Waals surface area contributed by atoms with Gasteiger partial charge in [0.2, 0.25) is 11.2 Å². The number of hydrogen-bond acceptors (Lipinski definition) is 2. The zero-order valence-electron chi connectivity index (χ0n) is 15.1. The Kier molecular flexibility index (Phi) is 5.73. The van der Waals surface area contributed by atoms with Gasteiger partial charge in [0.15, 0.2) is 18.0 Å². The first-order valence-electron chi connectivity index (χ1n) is 8.42. The Bertz CT molecular complexity index is 1050. The van der Waals surface area contributed by atoms with Crippen molar-refractivity contribution >= 4 is 22.5 Å². The Morgan fingerprint density at radius 2 is 1.48 bits per heavy atom. The maximum Gasteiger partial charge on any atom is 0.233 e. The van der Waals surface area contributed by atoms with Crippen LogP contribution in [0.2, 0.25) is 5.02 Å². The van der Waals surface area contributed by atoms with Crippen LogP contribution < -0.4 is 26.4 Å². The molecule has 0 radical (unpaired) electrons. The molecular weight excluding hydrogens is 381 g/mol. The van der Waals surface area contributed by atoms with E-state index in [1.54, 1.807) is 14.2 Å². The van der Waals surface area contributed by atoms with Crippen LogP contribution in [0.3, 0.4) is 0 Å². The van der Waals surface area contributed by atoms with Crippen molar-refractivity contribution in [1.82, 2.24) is 0 Å². The lowest BCUT2D eigenvalue weighted by Gasteiger charge is -2.02. The third-order valence-corrected chi connectivity index (χ3v) is 4.92. The second-order valence-electron chi connectivity index (χ2n) is 6.12. The molecule has 2 aromatic rings. The summed E-state index contributed by atoms with van der Waals surface area (Å²) in [4.78, 5) is 0. The van der Waals surface area contributed by atoms with Crippen molar-refractivity contribution in [3.63, 3.8) is 0 Å². The van der Waals surface area contributed by atoms with Crippen molar-refractivity contribution < 1.29 is 26.4 Å². The summed E-state index contributed by atoms with van der Waals surface area (Å²) >= 11 is 6.74. The molecule has 1 aliphatic heterocycles. The van der Waals surface area contributed by atoms with E-state index in [0.717, 1.165) is 28.7 Å². The highest BCUT2D eigenvalue weighted by Gasteiger charge is 2.29. The molecule has 4 rings (SSSR count). The van der Waals surface area contributed by atoms with Crippen LogP contribution in [0.15, 0.2) is 66.7 Å². The summed E-state index contributed by atoms with van der Waals surface area (Å²) in [5.41, 5.74) is 4.37. The minimum atomic E-state index is 0. The van der Waals surface area contributed by atoms with Gasteiger partial charge in [-0.3, -0.25) is 0 Å². The molecule has 0 N–H and O–H groups in total. The fraction of sp³-hybridized carbons (Fsp3) is 0.136. The predicted octanol–water partition coefficient (Wildman–Crippen LogP) is 1.95. The summed E-state index contributed by atoms with van der Waals surface area (Å²) in [5.74, 6) is 1.27. The number of methoxy groups -OCH3 is 2. The van der Waals surface area contributed by atoms with Crippen LogP contribution in [-0.2, 0) is 6.54 Å². The SMILES string of the molecule is COc1cc(Cl)c2[n+](Cc3ccccc3)c3ccccc3c-2cc1OC.[Cl-]. The van der Waals surface area contributed by atoms with E-state index in [4.69, 9.17) is 21.1 Å². The second-order valence-corrected chi connectivity index (χ2v) is 6.53. The standard InChI is InChI=1S/C22H19ClNO2.ClH/c1-25-20-12-17-16-10-6-7-11-19(16)24(14-15-8-4-3-5-9-15)22(17)18(23)13-21(20)26-2;/h3-13H,14H2,1-2H3;1H/q+1;/p-1. The van der Waals surface area contributed by atoms with Crippen molar-refractivity contribution in [3.8, 4) is 22.8 Å². The Morgan fingerprint density at radius 3 is 2.19 bits per heavy atom. The van der Waals surface area contributed by atoms with Crippen LogP contribution in [0.5, 0.6) is 11.5 Å². The van der Waals surface area contributed by atoms with E-state index in [2.05, 4.69) is 47.0 Å². The molecular formula is C22H19Cl2NO2. The lowest BCUT2D eigenvalue weighted by molar-refractivity contribution is -0.649. The molecule has 0 amide bonds. The zero-order chi connectivity index (χ0) is 18.1. The third-order valence-electron chi connectivity index (χ3n) is 4.64. The molecule has 0 saturated carbocycles. The van der Waals surface area contributed by atoms with E-state index in [1.807, 2.05) is 24.3 Å². The van der Waals surface area contributed by atoms with Crippen molar-refractivity contribution in [2.24, 2.45) is 0 Å². The Morgan fingerprint density at radius 1 is 0.852 bits per heavy atom. The molecule has 5 heteroatoms. The molecule has 0 fully saturated rings. The van der Waals surface area contributed by atoms with Gasteiger partial charge in [0.05, 0.1) is 25.2 Å². The molecule has 0 bridgehead atoms. The summed E-state index contributed by atoms with van der Waals surface area (Å²) in [7, 11) is 3.26. The lowest BCUT2D eigenvalue weighted by atomic mass is 10.1. The molecule has 1 heterocycles. The van der Waals surface area contributed by atoms with Crippen molar-refractivity contribution in [3.05, 3.63) is 77.3 Å². The van der Waals surface area contributed by atoms with E-state index in [9.17, 15) is 0 Å². The van der Waals surface area contributed by atoms with E-state index in [-0.39, 0.29) is 12.4 Å².